The summed E-state index contributed by atoms with van der Waals surface area (Å²) in [6.07, 6.45) is 17.3. The fourth-order valence-corrected chi connectivity index (χ4v) is 3.32. The van der Waals surface area contributed by atoms with Gasteiger partial charge in [0.25, 0.3) is 0 Å². The number of hydrogen-bond donors (Lipinski definition) is 3. The smallest absolute Gasteiger partial charge is 0.548 e. The summed E-state index contributed by atoms with van der Waals surface area (Å²) in [5, 5.41) is 13.7. The fraction of sp³-hybridized carbons (Fsp3) is 0.864. The van der Waals surface area contributed by atoms with Crippen molar-refractivity contribution in [1.82, 2.24) is 5.32 Å². The number of unbranched alkanes of at least 4 members (excludes halogenated alkanes) is 12. The van der Waals surface area contributed by atoms with E-state index in [0.717, 1.165) is 19.3 Å². The number of carbonyl (C=O) groups is 2. The molecule has 0 bridgehead atoms. The number of aliphatic imine (C=N–C) groups is 1. The van der Waals surface area contributed by atoms with Crippen LogP contribution in [0.3, 0.4) is 0 Å². The van der Waals surface area contributed by atoms with Gasteiger partial charge < -0.3 is 26.7 Å². The maximum absolute atomic E-state index is 11.9. The average Bonchev–Trinajstić information content (AvgIpc) is 2.67. The quantitative estimate of drug-likeness (QED) is 0.102. The molecule has 0 heterocycles. The van der Waals surface area contributed by atoms with Crippen molar-refractivity contribution in [3.63, 3.8) is 0 Å². The third-order valence-electron chi connectivity index (χ3n) is 5.07. The minimum atomic E-state index is -1.27. The Hall–Kier alpha value is -0.154. The third kappa shape index (κ3) is 22.5. The van der Waals surface area contributed by atoms with Crippen molar-refractivity contribution < 1.29 is 66.1 Å². The molecule has 0 unspecified atom stereocenters. The Kier molecular flexibility index (Phi) is 25.1. The number of carboxylic acids is 1. The zero-order chi connectivity index (χ0) is 21.7. The van der Waals surface area contributed by atoms with Crippen molar-refractivity contribution in [1.29, 1.82) is 0 Å². The number of hydrogen-bond acceptors (Lipinski definition) is 4. The predicted molar refractivity (Wildman–Crippen MR) is 117 cm³/mol. The summed E-state index contributed by atoms with van der Waals surface area (Å²) in [6.45, 7) is 2.58. The summed E-state index contributed by atoms with van der Waals surface area (Å²) in [7, 11) is 0. The molecule has 0 spiro atoms. The molecule has 170 valence electrons. The van der Waals surface area contributed by atoms with Crippen LogP contribution in [-0.4, -0.2) is 30.4 Å². The number of carbonyl (C=O) groups excluding carboxylic acids is 2. The second-order valence-electron chi connectivity index (χ2n) is 7.88. The fourth-order valence-electron chi connectivity index (χ4n) is 3.32. The molecule has 0 saturated heterocycles. The zero-order valence-electron chi connectivity index (χ0n) is 19.4. The molecule has 0 aliphatic heterocycles. The van der Waals surface area contributed by atoms with Crippen LogP contribution in [0.2, 0.25) is 0 Å². The average molecular weight is 451 g/mol. The molecule has 0 aromatic carbocycles. The molecule has 0 rings (SSSR count). The molecule has 7 nitrogen and oxygen atoms in total. The molecule has 8 heteroatoms. The maximum atomic E-state index is 11.9. The standard InChI is InChI=1S/C22H44N4O3.K/c1-2-3-4-5-6-7-8-9-10-11-12-13-14-17-20(27)26-19(21(28)29)16-15-18-25-22(23)24;/h19H,2-18H2,1H3,(H,26,27)(H,28,29)(H4,23,24,25);/q;+1/p-1/t19-;/m0./s1. The summed E-state index contributed by atoms with van der Waals surface area (Å²) in [5.41, 5.74) is 10.4. The Morgan fingerprint density at radius 2 is 1.30 bits per heavy atom. The van der Waals surface area contributed by atoms with Crippen LogP contribution in [0.4, 0.5) is 0 Å². The molecule has 5 N–H and O–H groups in total. The topological polar surface area (TPSA) is 134 Å². The van der Waals surface area contributed by atoms with Gasteiger partial charge in [-0.15, -0.1) is 0 Å². The van der Waals surface area contributed by atoms with E-state index in [1.54, 1.807) is 0 Å². The molecule has 1 atom stereocenters. The van der Waals surface area contributed by atoms with Crippen molar-refractivity contribution in [2.75, 3.05) is 6.54 Å². The van der Waals surface area contributed by atoms with Crippen molar-refractivity contribution in [2.24, 2.45) is 16.5 Å². The normalized spacial score (nSPS) is 11.4. The van der Waals surface area contributed by atoms with E-state index in [0.29, 0.717) is 19.4 Å². The number of amides is 1. The minimum Gasteiger partial charge on any atom is -0.548 e. The Labute approximate surface area is 226 Å². The van der Waals surface area contributed by atoms with Gasteiger partial charge in [0, 0.05) is 13.0 Å². The van der Waals surface area contributed by atoms with E-state index >= 15 is 0 Å². The number of nitrogens with one attached hydrogen (secondary N) is 1. The van der Waals surface area contributed by atoms with Crippen LogP contribution in [-0.2, 0) is 9.59 Å². The van der Waals surface area contributed by atoms with Crippen LogP contribution in [0.1, 0.15) is 110 Å². The number of nitrogens with zero attached hydrogens (tertiary/aromatic N) is 1. The summed E-state index contributed by atoms with van der Waals surface area (Å²) >= 11 is 0. The largest absolute Gasteiger partial charge is 1.00 e. The molecule has 0 saturated carbocycles. The second-order valence-corrected chi connectivity index (χ2v) is 7.88. The number of aliphatic carboxylic acids is 1. The third-order valence-corrected chi connectivity index (χ3v) is 5.07. The Balaban J connectivity index is 0. The van der Waals surface area contributed by atoms with E-state index < -0.39 is 12.0 Å². The maximum Gasteiger partial charge on any atom is 1.00 e. The van der Waals surface area contributed by atoms with Crippen molar-refractivity contribution >= 4 is 17.8 Å². The van der Waals surface area contributed by atoms with Crippen LogP contribution in [0.25, 0.3) is 0 Å². The number of carboxylic acid groups (broad SMARTS) is 1. The molecule has 0 radical (unpaired) electrons. The summed E-state index contributed by atoms with van der Waals surface area (Å²) in [4.78, 5) is 26.9. The minimum absolute atomic E-state index is 0. The van der Waals surface area contributed by atoms with Crippen LogP contribution >= 0.6 is 0 Å². The van der Waals surface area contributed by atoms with Gasteiger partial charge in [-0.25, -0.2) is 0 Å². The van der Waals surface area contributed by atoms with Crippen LogP contribution < -0.4 is 73.3 Å². The van der Waals surface area contributed by atoms with Gasteiger partial charge in [-0.05, 0) is 19.3 Å². The first-order chi connectivity index (χ1) is 14.0. The molecule has 0 aliphatic rings. The van der Waals surface area contributed by atoms with Crippen molar-refractivity contribution in [3.8, 4) is 0 Å². The molecule has 0 fully saturated rings. The SMILES string of the molecule is CCCCCCCCCCCCCCCC(=O)N[C@@H](CCCN=C(N)N)C(=O)[O-].[K+]. The first-order valence-corrected chi connectivity index (χ1v) is 11.5. The molecular weight excluding hydrogens is 407 g/mol. The molecule has 30 heavy (non-hydrogen) atoms. The Morgan fingerprint density at radius 1 is 0.833 bits per heavy atom. The van der Waals surface area contributed by atoms with E-state index in [1.807, 2.05) is 0 Å². The van der Waals surface area contributed by atoms with E-state index in [4.69, 9.17) is 11.5 Å². The van der Waals surface area contributed by atoms with Crippen molar-refractivity contribution in [3.05, 3.63) is 0 Å². The Bertz CT molecular complexity index is 458. The number of rotatable bonds is 20. The van der Waals surface area contributed by atoms with Gasteiger partial charge in [0.05, 0.1) is 12.0 Å². The molecule has 1 amide bonds. The summed E-state index contributed by atoms with van der Waals surface area (Å²) < 4.78 is 0. The predicted octanol–water partition coefficient (Wildman–Crippen LogP) is -0.240. The van der Waals surface area contributed by atoms with Crippen LogP contribution in [0.15, 0.2) is 4.99 Å². The van der Waals surface area contributed by atoms with Crippen LogP contribution in [0, 0.1) is 0 Å². The van der Waals surface area contributed by atoms with E-state index in [1.165, 1.54) is 64.2 Å². The van der Waals surface area contributed by atoms with Gasteiger partial charge in [-0.2, -0.15) is 0 Å². The zero-order valence-corrected chi connectivity index (χ0v) is 22.5. The van der Waals surface area contributed by atoms with Gasteiger partial charge in [0.15, 0.2) is 5.96 Å². The Morgan fingerprint density at radius 3 is 1.73 bits per heavy atom. The van der Waals surface area contributed by atoms with Gasteiger partial charge in [0.2, 0.25) is 5.91 Å². The van der Waals surface area contributed by atoms with Gasteiger partial charge in [0.1, 0.15) is 0 Å². The first kappa shape index (κ1) is 32.0. The van der Waals surface area contributed by atoms with Crippen LogP contribution in [0.5, 0.6) is 0 Å². The monoisotopic (exact) mass is 450 g/mol. The van der Waals surface area contributed by atoms with E-state index in [2.05, 4.69) is 17.2 Å². The van der Waals surface area contributed by atoms with Crippen molar-refractivity contribution in [2.45, 2.75) is 116 Å². The summed E-state index contributed by atoms with van der Waals surface area (Å²) in [6, 6.07) is -0.987. The van der Waals surface area contributed by atoms with Gasteiger partial charge in [-0.1, -0.05) is 84.0 Å². The molecule has 0 aliphatic carbocycles. The second kappa shape index (κ2) is 23.5. The molecular formula is C22H43KN4O3. The number of guanidine groups is 1. The first-order valence-electron chi connectivity index (χ1n) is 11.5. The van der Waals surface area contributed by atoms with E-state index in [9.17, 15) is 14.7 Å². The van der Waals surface area contributed by atoms with Gasteiger partial charge >= 0.3 is 51.4 Å². The van der Waals surface area contributed by atoms with E-state index in [-0.39, 0.29) is 69.7 Å². The molecule has 0 aromatic rings. The number of nitrogens with two attached hydrogens (primary N) is 2. The summed E-state index contributed by atoms with van der Waals surface area (Å²) in [5.74, 6) is -1.53. The molecule has 0 aromatic heterocycles. The van der Waals surface area contributed by atoms with Gasteiger partial charge in [-0.3, -0.25) is 9.79 Å².